The van der Waals surface area contributed by atoms with Gasteiger partial charge < -0.3 is 4.90 Å². The summed E-state index contributed by atoms with van der Waals surface area (Å²) in [4.78, 5) is 14.6. The lowest BCUT2D eigenvalue weighted by Crippen LogP contribution is -2.42. The third-order valence-corrected chi connectivity index (χ3v) is 6.24. The van der Waals surface area contributed by atoms with Crippen LogP contribution in [0.3, 0.4) is 0 Å². The Bertz CT molecular complexity index is 693. The molecular weight excluding hydrogens is 336 g/mol. The average molecular weight is 359 g/mol. The molecule has 1 aromatic rings. The Labute approximate surface area is 143 Å². The number of hydrogen-bond acceptors (Lipinski definition) is 3. The molecule has 5 nitrogen and oxygen atoms in total. The predicted molar refractivity (Wildman–Crippen MR) is 91.2 cm³/mol. The minimum atomic E-state index is -3.60. The molecule has 2 atom stereocenters. The van der Waals surface area contributed by atoms with Gasteiger partial charge in [0, 0.05) is 27.2 Å². The molecule has 1 saturated heterocycles. The van der Waals surface area contributed by atoms with E-state index in [1.165, 1.54) is 32.3 Å². The molecule has 1 heterocycles. The molecule has 1 amide bonds. The molecule has 1 fully saturated rings. The zero-order chi connectivity index (χ0) is 17.4. The van der Waals surface area contributed by atoms with E-state index >= 15 is 0 Å². The van der Waals surface area contributed by atoms with Crippen LogP contribution in [0.5, 0.6) is 0 Å². The van der Waals surface area contributed by atoms with E-state index in [4.69, 9.17) is 11.6 Å². The summed E-state index contributed by atoms with van der Waals surface area (Å²) in [5.41, 5.74) is 0.246. The summed E-state index contributed by atoms with van der Waals surface area (Å²) >= 11 is 6.16. The third-order valence-electron chi connectivity index (χ3n) is 4.10. The van der Waals surface area contributed by atoms with Crippen LogP contribution in [-0.2, 0) is 10.0 Å². The summed E-state index contributed by atoms with van der Waals surface area (Å²) in [6.45, 7) is 5.57. The Balaban J connectivity index is 2.37. The third kappa shape index (κ3) is 3.87. The summed E-state index contributed by atoms with van der Waals surface area (Å²) in [6, 6.07) is 4.28. The van der Waals surface area contributed by atoms with Gasteiger partial charge in [-0.05, 0) is 36.5 Å². The van der Waals surface area contributed by atoms with Crippen molar-refractivity contribution in [3.63, 3.8) is 0 Å². The molecule has 7 heteroatoms. The molecule has 0 radical (unpaired) electrons. The second-order valence-corrected chi connectivity index (χ2v) is 9.14. The maximum absolute atomic E-state index is 12.8. The van der Waals surface area contributed by atoms with E-state index in [1.54, 1.807) is 4.90 Å². The first-order valence-electron chi connectivity index (χ1n) is 7.64. The fourth-order valence-electron chi connectivity index (χ4n) is 3.04. The van der Waals surface area contributed by atoms with Crippen LogP contribution in [0, 0.1) is 11.8 Å². The van der Waals surface area contributed by atoms with Crippen molar-refractivity contribution in [1.29, 1.82) is 0 Å². The Kier molecular flexibility index (Phi) is 5.38. The highest BCUT2D eigenvalue weighted by Crippen LogP contribution is 2.27. The summed E-state index contributed by atoms with van der Waals surface area (Å²) in [6.07, 6.45) is 1.09. The minimum Gasteiger partial charge on any atom is -0.338 e. The van der Waals surface area contributed by atoms with Crippen molar-refractivity contribution >= 4 is 27.5 Å². The highest BCUT2D eigenvalue weighted by molar-refractivity contribution is 7.89. The van der Waals surface area contributed by atoms with Crippen LogP contribution in [-0.4, -0.2) is 50.7 Å². The van der Waals surface area contributed by atoms with Gasteiger partial charge in [0.05, 0.1) is 15.5 Å². The van der Waals surface area contributed by atoms with Crippen LogP contribution in [0.1, 0.15) is 30.6 Å². The molecule has 0 aromatic heterocycles. The van der Waals surface area contributed by atoms with E-state index in [2.05, 4.69) is 13.8 Å². The van der Waals surface area contributed by atoms with Crippen molar-refractivity contribution in [2.75, 3.05) is 27.2 Å². The largest absolute Gasteiger partial charge is 0.338 e. The summed E-state index contributed by atoms with van der Waals surface area (Å²) in [5.74, 6) is 0.648. The molecule has 0 spiro atoms. The van der Waals surface area contributed by atoms with Crippen LogP contribution in [0.15, 0.2) is 23.1 Å². The highest BCUT2D eigenvalue weighted by atomic mass is 35.5. The van der Waals surface area contributed by atoms with Gasteiger partial charge in [-0.25, -0.2) is 12.7 Å². The molecule has 0 aliphatic carbocycles. The van der Waals surface area contributed by atoms with Gasteiger partial charge >= 0.3 is 0 Å². The van der Waals surface area contributed by atoms with Crippen molar-refractivity contribution in [2.45, 2.75) is 25.2 Å². The van der Waals surface area contributed by atoms with E-state index in [-0.39, 0.29) is 21.4 Å². The number of sulfonamides is 1. The van der Waals surface area contributed by atoms with Crippen LogP contribution in [0.2, 0.25) is 5.02 Å². The van der Waals surface area contributed by atoms with E-state index in [0.717, 1.165) is 10.7 Å². The zero-order valence-corrected chi connectivity index (χ0v) is 15.5. The lowest BCUT2D eigenvalue weighted by Gasteiger charge is -2.35. The van der Waals surface area contributed by atoms with E-state index in [1.807, 2.05) is 0 Å². The zero-order valence-electron chi connectivity index (χ0n) is 13.9. The second-order valence-electron chi connectivity index (χ2n) is 6.59. The summed E-state index contributed by atoms with van der Waals surface area (Å²) in [5, 5.41) is 0.276. The lowest BCUT2D eigenvalue weighted by atomic mass is 9.91. The molecule has 1 aliphatic heterocycles. The fraction of sp³-hybridized carbons (Fsp3) is 0.562. The van der Waals surface area contributed by atoms with Gasteiger partial charge in [-0.1, -0.05) is 25.4 Å². The number of likely N-dealkylation sites (tertiary alicyclic amines) is 1. The number of piperidine rings is 1. The Morgan fingerprint density at radius 2 is 1.78 bits per heavy atom. The van der Waals surface area contributed by atoms with Gasteiger partial charge in [0.1, 0.15) is 0 Å². The highest BCUT2D eigenvalue weighted by Gasteiger charge is 2.28. The molecule has 0 saturated carbocycles. The molecule has 0 N–H and O–H groups in total. The molecule has 128 valence electrons. The van der Waals surface area contributed by atoms with Crippen molar-refractivity contribution in [3.05, 3.63) is 28.8 Å². The first-order valence-corrected chi connectivity index (χ1v) is 9.46. The summed E-state index contributed by atoms with van der Waals surface area (Å²) < 4.78 is 25.6. The Hall–Kier alpha value is -1.11. The first kappa shape index (κ1) is 18.2. The second kappa shape index (κ2) is 6.79. The van der Waals surface area contributed by atoms with Gasteiger partial charge in [-0.15, -0.1) is 0 Å². The number of carbonyl (C=O) groups excluding carboxylic acids is 1. The smallest absolute Gasteiger partial charge is 0.255 e. The van der Waals surface area contributed by atoms with Gasteiger partial charge in [0.25, 0.3) is 5.91 Å². The number of halogens is 1. The number of nitrogens with zero attached hydrogens (tertiary/aromatic N) is 2. The minimum absolute atomic E-state index is 0.0772. The van der Waals surface area contributed by atoms with Gasteiger partial charge in [0.15, 0.2) is 0 Å². The fourth-order valence-corrected chi connectivity index (χ4v) is 4.17. The van der Waals surface area contributed by atoms with Crippen molar-refractivity contribution < 1.29 is 13.2 Å². The predicted octanol–water partition coefficient (Wildman–Crippen LogP) is 2.71. The van der Waals surface area contributed by atoms with E-state index in [9.17, 15) is 13.2 Å². The van der Waals surface area contributed by atoms with Gasteiger partial charge in [0.2, 0.25) is 10.0 Å². The van der Waals surface area contributed by atoms with Crippen LogP contribution in [0.25, 0.3) is 0 Å². The van der Waals surface area contributed by atoms with Gasteiger partial charge in [-0.2, -0.15) is 0 Å². The summed E-state index contributed by atoms with van der Waals surface area (Å²) in [7, 11) is -0.682. The molecule has 1 aliphatic rings. The standard InChI is InChI=1S/C16H23ClN2O3S/c1-11-7-12(2)10-19(9-11)16(20)14-8-13(5-6-15(14)17)23(21,22)18(3)4/h5-6,8,11-12H,7,9-10H2,1-4H3/t11-,12+. The number of hydrogen-bond donors (Lipinski definition) is 0. The average Bonchev–Trinajstić information content (AvgIpc) is 2.45. The Morgan fingerprint density at radius 1 is 1.22 bits per heavy atom. The molecule has 1 aromatic carbocycles. The van der Waals surface area contributed by atoms with Crippen LogP contribution >= 0.6 is 11.6 Å². The maximum Gasteiger partial charge on any atom is 0.255 e. The van der Waals surface area contributed by atoms with Crippen molar-refractivity contribution in [1.82, 2.24) is 9.21 Å². The topological polar surface area (TPSA) is 57.7 Å². The lowest BCUT2D eigenvalue weighted by molar-refractivity contribution is 0.0623. The molecule has 0 unspecified atom stereocenters. The van der Waals surface area contributed by atoms with Crippen molar-refractivity contribution in [2.24, 2.45) is 11.8 Å². The number of carbonyl (C=O) groups is 1. The van der Waals surface area contributed by atoms with E-state index < -0.39 is 10.0 Å². The Morgan fingerprint density at radius 3 is 2.30 bits per heavy atom. The SMILES string of the molecule is C[C@@H]1C[C@H](C)CN(C(=O)c2cc(S(=O)(=O)N(C)C)ccc2Cl)C1. The molecular formula is C16H23ClN2O3S. The monoisotopic (exact) mass is 358 g/mol. The van der Waals surface area contributed by atoms with E-state index in [0.29, 0.717) is 24.9 Å². The number of rotatable bonds is 3. The van der Waals surface area contributed by atoms with Crippen LogP contribution in [0.4, 0.5) is 0 Å². The van der Waals surface area contributed by atoms with Gasteiger partial charge in [-0.3, -0.25) is 4.79 Å². The maximum atomic E-state index is 12.8. The number of amides is 1. The molecule has 23 heavy (non-hydrogen) atoms. The normalized spacial score (nSPS) is 22.4. The molecule has 0 bridgehead atoms. The van der Waals surface area contributed by atoms with Crippen molar-refractivity contribution in [3.8, 4) is 0 Å². The quantitative estimate of drug-likeness (QED) is 0.834. The van der Waals surface area contributed by atoms with Crippen LogP contribution < -0.4 is 0 Å². The first-order chi connectivity index (χ1) is 10.6. The number of benzene rings is 1. The molecule has 2 rings (SSSR count).